The number of amides is 1. The molecule has 1 amide bonds. The van der Waals surface area contributed by atoms with Crippen molar-refractivity contribution in [1.82, 2.24) is 10.2 Å². The molecule has 0 spiro atoms. The van der Waals surface area contributed by atoms with Crippen LogP contribution in [0.25, 0.3) is 16.8 Å². The summed E-state index contributed by atoms with van der Waals surface area (Å²) in [6, 6.07) is 22.2. The van der Waals surface area contributed by atoms with Crippen molar-refractivity contribution < 1.29 is 9.53 Å². The minimum atomic E-state index is -0.0993. The van der Waals surface area contributed by atoms with E-state index in [9.17, 15) is 4.79 Å². The molecule has 3 aromatic rings. The topological polar surface area (TPSA) is 41.6 Å². The third-order valence-corrected chi connectivity index (χ3v) is 4.90. The van der Waals surface area contributed by atoms with Crippen LogP contribution in [-0.2, 0) is 4.79 Å². The van der Waals surface area contributed by atoms with Gasteiger partial charge in [0, 0.05) is 6.08 Å². The normalized spacial score (nSPS) is 12.4. The van der Waals surface area contributed by atoms with Crippen LogP contribution in [0, 0.1) is 0 Å². The SMILES string of the molecule is COc1ccc(/C=C/C(=O)NC(CCN(C)C)c2ccc3ccccc3c2)cc1. The number of rotatable bonds is 8. The van der Waals surface area contributed by atoms with Gasteiger partial charge >= 0.3 is 0 Å². The van der Waals surface area contributed by atoms with Crippen molar-refractivity contribution >= 4 is 22.8 Å². The van der Waals surface area contributed by atoms with Gasteiger partial charge in [0.05, 0.1) is 13.2 Å². The summed E-state index contributed by atoms with van der Waals surface area (Å²) in [5.41, 5.74) is 2.08. The van der Waals surface area contributed by atoms with E-state index in [0.29, 0.717) is 0 Å². The largest absolute Gasteiger partial charge is 0.497 e. The van der Waals surface area contributed by atoms with Gasteiger partial charge in [-0.25, -0.2) is 0 Å². The summed E-state index contributed by atoms with van der Waals surface area (Å²) >= 11 is 0. The molecule has 3 aromatic carbocycles. The van der Waals surface area contributed by atoms with Crippen LogP contribution in [0.5, 0.6) is 5.75 Å². The van der Waals surface area contributed by atoms with Gasteiger partial charge in [-0.3, -0.25) is 4.79 Å². The van der Waals surface area contributed by atoms with Crippen molar-refractivity contribution in [3.63, 3.8) is 0 Å². The van der Waals surface area contributed by atoms with Gasteiger partial charge < -0.3 is 15.0 Å². The van der Waals surface area contributed by atoms with Crippen molar-refractivity contribution in [2.75, 3.05) is 27.7 Å². The molecule has 0 radical (unpaired) electrons. The van der Waals surface area contributed by atoms with Crippen LogP contribution in [0.3, 0.4) is 0 Å². The highest BCUT2D eigenvalue weighted by molar-refractivity contribution is 5.92. The summed E-state index contributed by atoms with van der Waals surface area (Å²) in [6.45, 7) is 0.889. The first-order chi connectivity index (χ1) is 14.0. The predicted octanol–water partition coefficient (Wildman–Crippen LogP) is 4.67. The quantitative estimate of drug-likeness (QED) is 0.570. The van der Waals surface area contributed by atoms with Crippen molar-refractivity contribution in [2.45, 2.75) is 12.5 Å². The Labute approximate surface area is 172 Å². The highest BCUT2D eigenvalue weighted by Gasteiger charge is 2.14. The monoisotopic (exact) mass is 388 g/mol. The zero-order valence-electron chi connectivity index (χ0n) is 17.3. The average molecular weight is 389 g/mol. The number of carbonyl (C=O) groups excluding carboxylic acids is 1. The van der Waals surface area contributed by atoms with Crippen LogP contribution >= 0.6 is 0 Å². The fourth-order valence-electron chi connectivity index (χ4n) is 3.24. The van der Waals surface area contributed by atoms with E-state index in [1.165, 1.54) is 10.8 Å². The standard InChI is InChI=1S/C25H28N2O2/c1-27(2)17-16-24(22-12-11-20-6-4-5-7-21(20)18-22)26-25(28)15-10-19-8-13-23(29-3)14-9-19/h4-15,18,24H,16-17H2,1-3H3,(H,26,28)/b15-10+. The van der Waals surface area contributed by atoms with Gasteiger partial charge in [0.15, 0.2) is 0 Å². The number of hydrogen-bond donors (Lipinski definition) is 1. The summed E-state index contributed by atoms with van der Waals surface area (Å²) in [4.78, 5) is 14.7. The Balaban J connectivity index is 1.74. The first kappa shape index (κ1) is 20.6. The van der Waals surface area contributed by atoms with E-state index in [-0.39, 0.29) is 11.9 Å². The number of carbonyl (C=O) groups is 1. The molecule has 1 N–H and O–H groups in total. The summed E-state index contributed by atoms with van der Waals surface area (Å²) in [6.07, 6.45) is 4.25. The van der Waals surface area contributed by atoms with Gasteiger partial charge in [-0.1, -0.05) is 48.5 Å². The second-order valence-electron chi connectivity index (χ2n) is 7.37. The van der Waals surface area contributed by atoms with E-state index in [2.05, 4.69) is 40.5 Å². The second-order valence-corrected chi connectivity index (χ2v) is 7.37. The third-order valence-electron chi connectivity index (χ3n) is 4.90. The van der Waals surface area contributed by atoms with Crippen molar-refractivity contribution in [2.24, 2.45) is 0 Å². The first-order valence-corrected chi connectivity index (χ1v) is 9.81. The van der Waals surface area contributed by atoms with E-state index < -0.39 is 0 Å². The molecule has 29 heavy (non-hydrogen) atoms. The number of benzene rings is 3. The average Bonchev–Trinajstić information content (AvgIpc) is 2.75. The Morgan fingerprint density at radius 2 is 1.76 bits per heavy atom. The Bertz CT molecular complexity index is 978. The van der Waals surface area contributed by atoms with Crippen LogP contribution in [0.4, 0.5) is 0 Å². The minimum Gasteiger partial charge on any atom is -0.497 e. The highest BCUT2D eigenvalue weighted by Crippen LogP contribution is 2.23. The number of methoxy groups -OCH3 is 1. The Morgan fingerprint density at radius 1 is 1.03 bits per heavy atom. The fourth-order valence-corrected chi connectivity index (χ4v) is 3.24. The Hall–Kier alpha value is -3.11. The molecule has 0 aliphatic carbocycles. The van der Waals surface area contributed by atoms with E-state index in [4.69, 9.17) is 4.74 Å². The van der Waals surface area contributed by atoms with Gasteiger partial charge in [-0.05, 0) is 73.2 Å². The summed E-state index contributed by atoms with van der Waals surface area (Å²) in [5.74, 6) is 0.699. The lowest BCUT2D eigenvalue weighted by Gasteiger charge is -2.21. The maximum atomic E-state index is 12.6. The Kier molecular flexibility index (Phi) is 7.04. The maximum Gasteiger partial charge on any atom is 0.244 e. The molecule has 0 fully saturated rings. The lowest BCUT2D eigenvalue weighted by Crippen LogP contribution is -2.29. The molecule has 0 aliphatic rings. The zero-order valence-corrected chi connectivity index (χ0v) is 17.3. The molecule has 0 heterocycles. The number of hydrogen-bond acceptors (Lipinski definition) is 3. The molecule has 0 saturated heterocycles. The van der Waals surface area contributed by atoms with Gasteiger partial charge in [0.1, 0.15) is 5.75 Å². The number of nitrogens with zero attached hydrogens (tertiary/aromatic N) is 1. The van der Waals surface area contributed by atoms with E-state index in [0.717, 1.165) is 29.8 Å². The molecule has 1 unspecified atom stereocenters. The van der Waals surface area contributed by atoms with Crippen molar-refractivity contribution in [3.8, 4) is 5.75 Å². The smallest absolute Gasteiger partial charge is 0.244 e. The molecule has 0 aliphatic heterocycles. The van der Waals surface area contributed by atoms with Crippen LogP contribution in [0.1, 0.15) is 23.6 Å². The van der Waals surface area contributed by atoms with E-state index in [1.54, 1.807) is 13.2 Å². The van der Waals surface area contributed by atoms with Crippen LogP contribution < -0.4 is 10.1 Å². The Morgan fingerprint density at radius 3 is 2.45 bits per heavy atom. The van der Waals surface area contributed by atoms with Gasteiger partial charge in [0.25, 0.3) is 0 Å². The zero-order chi connectivity index (χ0) is 20.6. The lowest BCUT2D eigenvalue weighted by molar-refractivity contribution is -0.117. The molecule has 4 heteroatoms. The van der Waals surface area contributed by atoms with Crippen molar-refractivity contribution in [3.05, 3.63) is 83.9 Å². The molecule has 1 atom stereocenters. The first-order valence-electron chi connectivity index (χ1n) is 9.81. The summed E-state index contributed by atoms with van der Waals surface area (Å²) in [5, 5.41) is 5.55. The van der Waals surface area contributed by atoms with E-state index >= 15 is 0 Å². The molecule has 0 saturated carbocycles. The molecule has 3 rings (SSSR count). The number of ether oxygens (including phenoxy) is 1. The minimum absolute atomic E-state index is 0.0463. The lowest BCUT2D eigenvalue weighted by atomic mass is 9.99. The number of nitrogens with one attached hydrogen (secondary N) is 1. The highest BCUT2D eigenvalue weighted by atomic mass is 16.5. The van der Waals surface area contributed by atoms with Crippen LogP contribution in [0.15, 0.2) is 72.8 Å². The van der Waals surface area contributed by atoms with Crippen molar-refractivity contribution in [1.29, 1.82) is 0 Å². The summed E-state index contributed by atoms with van der Waals surface area (Å²) in [7, 11) is 5.73. The molecular weight excluding hydrogens is 360 g/mol. The number of fused-ring (bicyclic) bond motifs is 1. The second kappa shape index (κ2) is 9.89. The molecule has 4 nitrogen and oxygen atoms in total. The molecule has 0 bridgehead atoms. The van der Waals surface area contributed by atoms with Gasteiger partial charge in [0.2, 0.25) is 5.91 Å². The van der Waals surface area contributed by atoms with Crippen LogP contribution in [0.2, 0.25) is 0 Å². The van der Waals surface area contributed by atoms with Gasteiger partial charge in [-0.15, -0.1) is 0 Å². The summed E-state index contributed by atoms with van der Waals surface area (Å²) < 4.78 is 5.17. The molecular formula is C25H28N2O2. The van der Waals surface area contributed by atoms with Gasteiger partial charge in [-0.2, -0.15) is 0 Å². The van der Waals surface area contributed by atoms with Crippen LogP contribution in [-0.4, -0.2) is 38.6 Å². The predicted molar refractivity (Wildman–Crippen MR) is 120 cm³/mol. The molecule has 150 valence electrons. The van der Waals surface area contributed by atoms with E-state index in [1.807, 2.05) is 56.6 Å². The third kappa shape index (κ3) is 5.93. The molecule has 0 aromatic heterocycles. The maximum absolute atomic E-state index is 12.6. The fraction of sp³-hybridized carbons (Fsp3) is 0.240.